The van der Waals surface area contributed by atoms with Crippen LogP contribution in [0.25, 0.3) is 11.3 Å². The van der Waals surface area contributed by atoms with Crippen LogP contribution in [0.2, 0.25) is 0 Å². The van der Waals surface area contributed by atoms with Gasteiger partial charge in [-0.2, -0.15) is 4.98 Å². The number of likely N-dealkylation sites (tertiary alicyclic amines) is 1. The number of aromatic nitrogens is 4. The van der Waals surface area contributed by atoms with Crippen LogP contribution in [0.3, 0.4) is 0 Å². The van der Waals surface area contributed by atoms with Gasteiger partial charge in [-0.25, -0.2) is 15.0 Å². The number of carbonyl (C=O) groups is 1. The third-order valence-corrected chi connectivity index (χ3v) is 7.60. The fraction of sp³-hybridized carbons (Fsp3) is 0.625. The van der Waals surface area contributed by atoms with Crippen molar-refractivity contribution in [2.24, 2.45) is 0 Å². The van der Waals surface area contributed by atoms with Crippen molar-refractivity contribution in [1.29, 1.82) is 0 Å². The lowest BCUT2D eigenvalue weighted by molar-refractivity contribution is -0.136. The number of carbonyl (C=O) groups excluding carboxylic acids is 1. The monoisotopic (exact) mass is 481 g/mol. The summed E-state index contributed by atoms with van der Waals surface area (Å²) in [6, 6.07) is 0. The number of hydrogen-bond donors (Lipinski definition) is 2. The molecule has 11 nitrogen and oxygen atoms in total. The first-order valence-corrected chi connectivity index (χ1v) is 12.3. The average Bonchev–Trinajstić information content (AvgIpc) is 3.49. The van der Waals surface area contributed by atoms with Crippen molar-refractivity contribution in [3.8, 4) is 11.3 Å². The quantitative estimate of drug-likeness (QED) is 0.630. The van der Waals surface area contributed by atoms with Gasteiger partial charge in [0.1, 0.15) is 5.82 Å². The first kappa shape index (κ1) is 23.7. The molecule has 0 bridgehead atoms. The van der Waals surface area contributed by atoms with Crippen LogP contribution < -0.4 is 20.9 Å². The summed E-state index contributed by atoms with van der Waals surface area (Å²) in [6.45, 7) is 11.1. The largest absolute Gasteiger partial charge is 0.378 e. The standard InChI is InChI=1S/C24H35N9O2/c1-23(2,26-4)20(34)32-8-6-24(3,15-32)33-7-5-17-18(16-13-27-21(25)28-14-16)29-22(30-19(17)33)31-9-11-35-12-10-31/h13-14,26H,5-12,15H2,1-4H3,(H2,25,27,28)/t24-/m0/s1. The number of likely N-dealkylation sites (N-methyl/N-ethyl adjacent to an activating group) is 1. The summed E-state index contributed by atoms with van der Waals surface area (Å²) in [7, 11) is 1.83. The van der Waals surface area contributed by atoms with Crippen LogP contribution in [0.5, 0.6) is 0 Å². The van der Waals surface area contributed by atoms with Crippen molar-refractivity contribution in [3.63, 3.8) is 0 Å². The second-order valence-electron chi connectivity index (χ2n) is 10.4. The van der Waals surface area contributed by atoms with E-state index in [0.717, 1.165) is 61.7 Å². The van der Waals surface area contributed by atoms with Crippen LogP contribution >= 0.6 is 0 Å². The Balaban J connectivity index is 1.52. The molecule has 1 amide bonds. The van der Waals surface area contributed by atoms with Gasteiger partial charge in [-0.05, 0) is 40.7 Å². The van der Waals surface area contributed by atoms with E-state index in [2.05, 4.69) is 32.0 Å². The lowest BCUT2D eigenvalue weighted by Gasteiger charge is -2.38. The van der Waals surface area contributed by atoms with Gasteiger partial charge in [-0.1, -0.05) is 0 Å². The first-order chi connectivity index (χ1) is 16.7. The number of ether oxygens (including phenoxy) is 1. The van der Waals surface area contributed by atoms with Gasteiger partial charge in [0, 0.05) is 56.2 Å². The Labute approximate surface area is 206 Å². The molecule has 3 aliphatic heterocycles. The average molecular weight is 482 g/mol. The maximum Gasteiger partial charge on any atom is 0.242 e. The molecule has 0 radical (unpaired) electrons. The minimum Gasteiger partial charge on any atom is -0.378 e. The summed E-state index contributed by atoms with van der Waals surface area (Å²) in [5, 5.41) is 3.14. The number of hydrogen-bond acceptors (Lipinski definition) is 10. The number of rotatable bonds is 5. The van der Waals surface area contributed by atoms with Crippen molar-refractivity contribution in [2.45, 2.75) is 44.7 Å². The normalized spacial score (nSPS) is 22.6. The van der Waals surface area contributed by atoms with E-state index < -0.39 is 5.54 Å². The maximum absolute atomic E-state index is 13.2. The van der Waals surface area contributed by atoms with Gasteiger partial charge in [-0.3, -0.25) is 4.79 Å². The molecule has 0 aliphatic carbocycles. The third-order valence-electron chi connectivity index (χ3n) is 7.60. The Morgan fingerprint density at radius 1 is 1.14 bits per heavy atom. The lowest BCUT2D eigenvalue weighted by Crippen LogP contribution is -2.54. The summed E-state index contributed by atoms with van der Waals surface area (Å²) in [5.74, 6) is 2.00. The fourth-order valence-electron chi connectivity index (χ4n) is 5.21. The van der Waals surface area contributed by atoms with Crippen LogP contribution in [-0.4, -0.2) is 94.8 Å². The summed E-state index contributed by atoms with van der Waals surface area (Å²) in [4.78, 5) is 38.2. The molecule has 0 aromatic carbocycles. The highest BCUT2D eigenvalue weighted by atomic mass is 16.5. The van der Waals surface area contributed by atoms with E-state index >= 15 is 0 Å². The molecular formula is C24H35N9O2. The van der Waals surface area contributed by atoms with E-state index in [0.29, 0.717) is 25.7 Å². The second-order valence-corrected chi connectivity index (χ2v) is 10.4. The van der Waals surface area contributed by atoms with Gasteiger partial charge in [0.25, 0.3) is 0 Å². The van der Waals surface area contributed by atoms with Crippen LogP contribution in [0.15, 0.2) is 12.4 Å². The van der Waals surface area contributed by atoms with Crippen LogP contribution in [-0.2, 0) is 16.0 Å². The van der Waals surface area contributed by atoms with Gasteiger partial charge in [-0.15, -0.1) is 0 Å². The maximum atomic E-state index is 13.2. The Morgan fingerprint density at radius 2 is 1.86 bits per heavy atom. The van der Waals surface area contributed by atoms with Crippen molar-refractivity contribution < 1.29 is 9.53 Å². The van der Waals surface area contributed by atoms with Crippen molar-refractivity contribution >= 4 is 23.6 Å². The minimum absolute atomic E-state index is 0.125. The number of nitrogens with one attached hydrogen (secondary N) is 1. The molecule has 2 aromatic heterocycles. The van der Waals surface area contributed by atoms with Gasteiger partial charge in [0.15, 0.2) is 0 Å². The molecule has 35 heavy (non-hydrogen) atoms. The molecule has 2 aromatic rings. The van der Waals surface area contributed by atoms with Crippen molar-refractivity contribution in [2.75, 3.05) is 68.5 Å². The number of nitrogen functional groups attached to an aromatic ring is 1. The van der Waals surface area contributed by atoms with Crippen molar-refractivity contribution in [1.82, 2.24) is 30.2 Å². The molecule has 188 valence electrons. The molecule has 2 fully saturated rings. The van der Waals surface area contributed by atoms with E-state index in [4.69, 9.17) is 20.4 Å². The zero-order valence-corrected chi connectivity index (χ0v) is 21.0. The highest BCUT2D eigenvalue weighted by molar-refractivity contribution is 5.86. The summed E-state index contributed by atoms with van der Waals surface area (Å²) in [6.07, 6.45) is 5.17. The second kappa shape index (κ2) is 8.87. The zero-order valence-electron chi connectivity index (χ0n) is 21.0. The molecule has 0 saturated carbocycles. The third kappa shape index (κ3) is 4.27. The molecule has 5 rings (SSSR count). The summed E-state index contributed by atoms with van der Waals surface area (Å²) >= 11 is 0. The number of anilines is 3. The summed E-state index contributed by atoms with van der Waals surface area (Å²) < 4.78 is 5.55. The highest BCUT2D eigenvalue weighted by Gasteiger charge is 2.46. The van der Waals surface area contributed by atoms with Crippen LogP contribution in [0.1, 0.15) is 32.8 Å². The predicted molar refractivity (Wildman–Crippen MR) is 134 cm³/mol. The molecule has 11 heteroatoms. The molecule has 1 atom stereocenters. The van der Waals surface area contributed by atoms with E-state index in [9.17, 15) is 4.79 Å². The van der Waals surface area contributed by atoms with E-state index in [1.54, 1.807) is 12.4 Å². The number of morpholine rings is 1. The van der Waals surface area contributed by atoms with E-state index in [1.165, 1.54) is 0 Å². The van der Waals surface area contributed by atoms with E-state index in [1.807, 2.05) is 25.8 Å². The van der Waals surface area contributed by atoms with Gasteiger partial charge < -0.3 is 30.5 Å². The smallest absolute Gasteiger partial charge is 0.242 e. The zero-order chi connectivity index (χ0) is 24.8. The van der Waals surface area contributed by atoms with Crippen molar-refractivity contribution in [3.05, 3.63) is 18.0 Å². The number of nitrogens with two attached hydrogens (primary N) is 1. The van der Waals surface area contributed by atoms with Gasteiger partial charge in [0.2, 0.25) is 17.8 Å². The Hall–Kier alpha value is -3.05. The number of fused-ring (bicyclic) bond motifs is 1. The molecular weight excluding hydrogens is 446 g/mol. The highest BCUT2D eigenvalue weighted by Crippen LogP contribution is 2.41. The number of amides is 1. The van der Waals surface area contributed by atoms with Crippen LogP contribution in [0.4, 0.5) is 17.7 Å². The first-order valence-electron chi connectivity index (χ1n) is 12.3. The SMILES string of the molecule is CNC(C)(C)C(=O)N1CC[C@](C)(N2CCc3c(-c4cnc(N)nc4)nc(N4CCOCC4)nc32)C1. The lowest BCUT2D eigenvalue weighted by atomic mass is 9.99. The number of nitrogens with zero attached hydrogens (tertiary/aromatic N) is 7. The Bertz CT molecular complexity index is 1100. The molecule has 0 spiro atoms. The molecule has 3 aliphatic rings. The van der Waals surface area contributed by atoms with Gasteiger partial charge >= 0.3 is 0 Å². The van der Waals surface area contributed by atoms with Crippen LogP contribution in [0, 0.1) is 0 Å². The molecule has 2 saturated heterocycles. The Kier molecular flexibility index (Phi) is 6.00. The predicted octanol–water partition coefficient (Wildman–Crippen LogP) is 0.704. The molecule has 3 N–H and O–H groups in total. The topological polar surface area (TPSA) is 126 Å². The fourth-order valence-corrected chi connectivity index (χ4v) is 5.21. The molecule has 0 unspecified atom stereocenters. The van der Waals surface area contributed by atoms with Gasteiger partial charge in [0.05, 0.1) is 30.0 Å². The molecule has 5 heterocycles. The minimum atomic E-state index is -0.595. The summed E-state index contributed by atoms with van der Waals surface area (Å²) in [5.41, 5.74) is 7.71. The Morgan fingerprint density at radius 3 is 2.54 bits per heavy atom. The van der Waals surface area contributed by atoms with E-state index in [-0.39, 0.29) is 17.4 Å².